The Balaban J connectivity index is 1.62. The minimum atomic E-state index is -0.416. The van der Waals surface area contributed by atoms with Crippen LogP contribution in [-0.2, 0) is 4.79 Å². The molecule has 0 aliphatic carbocycles. The van der Waals surface area contributed by atoms with E-state index in [9.17, 15) is 9.18 Å². The van der Waals surface area contributed by atoms with Gasteiger partial charge in [0.15, 0.2) is 0 Å². The molecule has 0 spiro atoms. The van der Waals surface area contributed by atoms with Gasteiger partial charge in [-0.15, -0.1) is 0 Å². The summed E-state index contributed by atoms with van der Waals surface area (Å²) in [4.78, 5) is 14.4. The third-order valence-corrected chi connectivity index (χ3v) is 4.76. The first-order valence-electron chi connectivity index (χ1n) is 7.29. The fourth-order valence-corrected chi connectivity index (χ4v) is 3.74. The van der Waals surface area contributed by atoms with Crippen molar-refractivity contribution in [2.24, 2.45) is 5.73 Å². The molecule has 0 saturated carbocycles. The van der Waals surface area contributed by atoms with Gasteiger partial charge in [0.05, 0.1) is 17.3 Å². The molecule has 1 amide bonds. The predicted molar refractivity (Wildman–Crippen MR) is 80.8 cm³/mol. The highest BCUT2D eigenvalue weighted by Gasteiger charge is 2.40. The molecule has 3 rings (SSSR count). The average Bonchev–Trinajstić information content (AvgIpc) is 2.66. The van der Waals surface area contributed by atoms with Gasteiger partial charge in [-0.3, -0.25) is 9.69 Å². The fourth-order valence-electron chi connectivity index (χ4n) is 3.52. The number of hydrogen-bond donors (Lipinski definition) is 2. The van der Waals surface area contributed by atoms with Crippen molar-refractivity contribution in [1.82, 2.24) is 4.90 Å². The summed E-state index contributed by atoms with van der Waals surface area (Å²) < 4.78 is 13.0. The SMILES string of the molecule is NC1CC2CCC(C1)N2CC(=O)Nc1ccc(F)cc1Cl. The van der Waals surface area contributed by atoms with Gasteiger partial charge in [0.2, 0.25) is 5.91 Å². The van der Waals surface area contributed by atoms with E-state index in [2.05, 4.69) is 10.2 Å². The largest absolute Gasteiger partial charge is 0.328 e. The molecule has 0 aromatic heterocycles. The van der Waals surface area contributed by atoms with E-state index < -0.39 is 5.82 Å². The number of nitrogens with zero attached hydrogens (tertiary/aromatic N) is 1. The standard InChI is InChI=1S/C15H19ClFN3O/c16-13-5-9(17)1-4-14(13)19-15(21)8-20-11-2-3-12(20)7-10(18)6-11/h1,4-5,10-12H,2-3,6-8,18H2,(H,19,21). The molecule has 3 N–H and O–H groups in total. The molecule has 0 radical (unpaired) electrons. The first kappa shape index (κ1) is 14.8. The highest BCUT2D eigenvalue weighted by molar-refractivity contribution is 6.33. The molecular formula is C15H19ClFN3O. The van der Waals surface area contributed by atoms with E-state index in [0.717, 1.165) is 25.7 Å². The molecule has 21 heavy (non-hydrogen) atoms. The van der Waals surface area contributed by atoms with Gasteiger partial charge >= 0.3 is 0 Å². The number of carbonyl (C=O) groups is 1. The first-order chi connectivity index (χ1) is 10.0. The van der Waals surface area contributed by atoms with Crippen LogP contribution in [0.4, 0.5) is 10.1 Å². The minimum absolute atomic E-state index is 0.115. The summed E-state index contributed by atoms with van der Waals surface area (Å²) in [7, 11) is 0. The third kappa shape index (κ3) is 3.20. The Bertz CT molecular complexity index is 540. The lowest BCUT2D eigenvalue weighted by Gasteiger charge is -2.37. The molecule has 2 aliphatic rings. The van der Waals surface area contributed by atoms with E-state index in [4.69, 9.17) is 17.3 Å². The van der Waals surface area contributed by atoms with E-state index in [1.807, 2.05) is 0 Å². The van der Waals surface area contributed by atoms with Crippen molar-refractivity contribution in [2.75, 3.05) is 11.9 Å². The summed E-state index contributed by atoms with van der Waals surface area (Å²) in [5.41, 5.74) is 6.47. The normalized spacial score (nSPS) is 28.6. The Kier molecular flexibility index (Phi) is 4.15. The quantitative estimate of drug-likeness (QED) is 0.901. The molecule has 1 aromatic rings. The molecule has 2 heterocycles. The lowest BCUT2D eigenvalue weighted by atomic mass is 9.98. The molecule has 2 saturated heterocycles. The van der Waals surface area contributed by atoms with Gasteiger partial charge in [-0.2, -0.15) is 0 Å². The average molecular weight is 312 g/mol. The van der Waals surface area contributed by atoms with Crippen LogP contribution in [0.3, 0.4) is 0 Å². The van der Waals surface area contributed by atoms with Crippen LogP contribution in [0.15, 0.2) is 18.2 Å². The molecule has 2 fully saturated rings. The molecule has 2 unspecified atom stereocenters. The van der Waals surface area contributed by atoms with Crippen LogP contribution in [0.25, 0.3) is 0 Å². The maximum atomic E-state index is 13.0. The summed E-state index contributed by atoms with van der Waals surface area (Å²) in [6.45, 7) is 0.343. The molecular weight excluding hydrogens is 293 g/mol. The van der Waals surface area contributed by atoms with Crippen molar-refractivity contribution in [1.29, 1.82) is 0 Å². The summed E-state index contributed by atoms with van der Waals surface area (Å²) in [6, 6.07) is 5.04. The van der Waals surface area contributed by atoms with Crippen molar-refractivity contribution < 1.29 is 9.18 Å². The van der Waals surface area contributed by atoms with E-state index in [0.29, 0.717) is 24.3 Å². The monoisotopic (exact) mass is 311 g/mol. The van der Waals surface area contributed by atoms with Gasteiger partial charge in [0.1, 0.15) is 5.82 Å². The highest BCUT2D eigenvalue weighted by atomic mass is 35.5. The Hall–Kier alpha value is -1.17. The summed E-state index contributed by atoms with van der Waals surface area (Å²) in [5.74, 6) is -0.531. The summed E-state index contributed by atoms with van der Waals surface area (Å²) >= 11 is 5.92. The summed E-state index contributed by atoms with van der Waals surface area (Å²) in [5, 5.41) is 2.97. The predicted octanol–water partition coefficient (Wildman–Crippen LogP) is 2.37. The topological polar surface area (TPSA) is 58.4 Å². The zero-order valence-corrected chi connectivity index (χ0v) is 12.4. The maximum Gasteiger partial charge on any atom is 0.238 e. The number of hydrogen-bond acceptors (Lipinski definition) is 3. The van der Waals surface area contributed by atoms with Crippen LogP contribution in [-0.4, -0.2) is 35.5 Å². The van der Waals surface area contributed by atoms with E-state index >= 15 is 0 Å². The minimum Gasteiger partial charge on any atom is -0.328 e. The van der Waals surface area contributed by atoms with Gasteiger partial charge in [-0.05, 0) is 43.9 Å². The Morgan fingerprint density at radius 1 is 1.38 bits per heavy atom. The first-order valence-corrected chi connectivity index (χ1v) is 7.67. The van der Waals surface area contributed by atoms with E-state index in [1.165, 1.54) is 18.2 Å². The van der Waals surface area contributed by atoms with Crippen LogP contribution in [0, 0.1) is 5.82 Å². The van der Waals surface area contributed by atoms with Crippen LogP contribution >= 0.6 is 11.6 Å². The molecule has 2 atom stereocenters. The Morgan fingerprint density at radius 2 is 2.05 bits per heavy atom. The molecule has 2 bridgehead atoms. The van der Waals surface area contributed by atoms with Crippen LogP contribution in [0.2, 0.25) is 5.02 Å². The van der Waals surface area contributed by atoms with E-state index in [1.54, 1.807) is 0 Å². The Labute approximate surface area is 128 Å². The highest BCUT2D eigenvalue weighted by Crippen LogP contribution is 2.34. The van der Waals surface area contributed by atoms with Crippen LogP contribution in [0.1, 0.15) is 25.7 Å². The summed E-state index contributed by atoms with van der Waals surface area (Å²) in [6.07, 6.45) is 4.15. The molecule has 1 aromatic carbocycles. The third-order valence-electron chi connectivity index (χ3n) is 4.45. The number of carbonyl (C=O) groups excluding carboxylic acids is 1. The number of nitrogens with two attached hydrogens (primary N) is 1. The second-order valence-electron chi connectivity index (χ2n) is 5.96. The number of halogens is 2. The van der Waals surface area contributed by atoms with Gasteiger partial charge < -0.3 is 11.1 Å². The molecule has 4 nitrogen and oxygen atoms in total. The number of benzene rings is 1. The number of anilines is 1. The molecule has 2 aliphatic heterocycles. The lowest BCUT2D eigenvalue weighted by Crippen LogP contribution is -2.49. The second kappa shape index (κ2) is 5.91. The van der Waals surface area contributed by atoms with Gasteiger partial charge in [0.25, 0.3) is 0 Å². The zero-order chi connectivity index (χ0) is 15.0. The molecule has 114 valence electrons. The number of fused-ring (bicyclic) bond motifs is 2. The van der Waals surface area contributed by atoms with Crippen molar-refractivity contribution in [3.05, 3.63) is 29.0 Å². The molecule has 6 heteroatoms. The van der Waals surface area contributed by atoms with Crippen molar-refractivity contribution in [3.8, 4) is 0 Å². The smallest absolute Gasteiger partial charge is 0.238 e. The lowest BCUT2D eigenvalue weighted by molar-refractivity contribution is -0.118. The maximum absolute atomic E-state index is 13.0. The number of nitrogens with one attached hydrogen (secondary N) is 1. The fraction of sp³-hybridized carbons (Fsp3) is 0.533. The van der Waals surface area contributed by atoms with E-state index in [-0.39, 0.29) is 17.0 Å². The number of piperidine rings is 1. The number of amides is 1. The van der Waals surface area contributed by atoms with Crippen LogP contribution in [0.5, 0.6) is 0 Å². The van der Waals surface area contributed by atoms with Crippen molar-refractivity contribution >= 4 is 23.2 Å². The van der Waals surface area contributed by atoms with Gasteiger partial charge in [-0.1, -0.05) is 11.6 Å². The zero-order valence-electron chi connectivity index (χ0n) is 11.7. The van der Waals surface area contributed by atoms with Crippen LogP contribution < -0.4 is 11.1 Å². The van der Waals surface area contributed by atoms with Gasteiger partial charge in [-0.25, -0.2) is 4.39 Å². The van der Waals surface area contributed by atoms with Crippen molar-refractivity contribution in [3.63, 3.8) is 0 Å². The second-order valence-corrected chi connectivity index (χ2v) is 6.37. The number of rotatable bonds is 3. The van der Waals surface area contributed by atoms with Crippen molar-refractivity contribution in [2.45, 2.75) is 43.8 Å². The Morgan fingerprint density at radius 3 is 2.67 bits per heavy atom. The van der Waals surface area contributed by atoms with Gasteiger partial charge in [0, 0.05) is 18.1 Å².